The predicted octanol–water partition coefficient (Wildman–Crippen LogP) is 5.61. The Hall–Kier alpha value is -3.97. The number of esters is 1. The van der Waals surface area contributed by atoms with Crippen LogP contribution in [0, 0.1) is 6.92 Å². The number of ether oxygens (including phenoxy) is 1. The van der Waals surface area contributed by atoms with E-state index in [1.54, 1.807) is 18.3 Å². The lowest BCUT2D eigenvalue weighted by molar-refractivity contribution is 0.0601. The zero-order valence-corrected chi connectivity index (χ0v) is 19.6. The molecule has 0 saturated carbocycles. The van der Waals surface area contributed by atoms with Crippen LogP contribution in [0.25, 0.3) is 11.3 Å². The van der Waals surface area contributed by atoms with Gasteiger partial charge < -0.3 is 19.4 Å². The van der Waals surface area contributed by atoms with Crippen LogP contribution in [0.15, 0.2) is 89.5 Å². The highest BCUT2D eigenvalue weighted by molar-refractivity contribution is 7.80. The van der Waals surface area contributed by atoms with Crippen LogP contribution in [0.5, 0.6) is 0 Å². The van der Waals surface area contributed by atoms with Gasteiger partial charge in [-0.2, -0.15) is 0 Å². The van der Waals surface area contributed by atoms with Crippen LogP contribution < -0.4 is 10.2 Å². The highest BCUT2D eigenvalue weighted by Crippen LogP contribution is 2.43. The largest absolute Gasteiger partial charge is 0.465 e. The minimum absolute atomic E-state index is 0.218. The summed E-state index contributed by atoms with van der Waals surface area (Å²) in [7, 11) is 1.37. The number of benzene rings is 2. The summed E-state index contributed by atoms with van der Waals surface area (Å²) in [4.78, 5) is 19.0. The Labute approximate surface area is 203 Å². The first-order valence-corrected chi connectivity index (χ1v) is 11.3. The summed E-state index contributed by atoms with van der Waals surface area (Å²) >= 11 is 5.78. The van der Waals surface area contributed by atoms with Crippen molar-refractivity contribution in [3.63, 3.8) is 0 Å². The number of nitrogens with zero attached hydrogens (tertiary/aromatic N) is 2. The van der Waals surface area contributed by atoms with E-state index < -0.39 is 5.97 Å². The van der Waals surface area contributed by atoms with Gasteiger partial charge in [-0.25, -0.2) is 4.79 Å². The number of carbonyl (C=O) groups excluding carboxylic acids is 1. The second-order valence-corrected chi connectivity index (χ2v) is 8.46. The fourth-order valence-electron chi connectivity index (χ4n) is 4.34. The Kier molecular flexibility index (Phi) is 5.86. The van der Waals surface area contributed by atoms with Crippen molar-refractivity contribution in [1.29, 1.82) is 0 Å². The van der Waals surface area contributed by atoms with Crippen LogP contribution in [0.4, 0.5) is 5.69 Å². The van der Waals surface area contributed by atoms with E-state index in [1.807, 2.05) is 54.6 Å². The van der Waals surface area contributed by atoms with Crippen LogP contribution in [0.1, 0.15) is 39.5 Å². The van der Waals surface area contributed by atoms with Gasteiger partial charge in [0.05, 0.1) is 24.4 Å². The molecule has 0 bridgehead atoms. The smallest absolute Gasteiger partial charge is 0.338 e. The van der Waals surface area contributed by atoms with Gasteiger partial charge in [0.1, 0.15) is 17.6 Å². The van der Waals surface area contributed by atoms with Gasteiger partial charge in [0.15, 0.2) is 5.11 Å². The van der Waals surface area contributed by atoms with Crippen molar-refractivity contribution in [2.45, 2.75) is 19.0 Å². The quantitative estimate of drug-likeness (QED) is 0.301. The molecule has 1 fully saturated rings. The maximum Gasteiger partial charge on any atom is 0.338 e. The molecule has 5 rings (SSSR count). The van der Waals surface area contributed by atoms with Crippen molar-refractivity contribution in [2.75, 3.05) is 12.0 Å². The molecular formula is C27H23N3O3S. The molecule has 1 aliphatic heterocycles. The molecule has 6 nitrogen and oxygen atoms in total. The Morgan fingerprint density at radius 1 is 1.06 bits per heavy atom. The molecule has 0 radical (unpaired) electrons. The third kappa shape index (κ3) is 3.95. The highest BCUT2D eigenvalue weighted by Gasteiger charge is 2.42. The molecule has 2 aromatic carbocycles. The van der Waals surface area contributed by atoms with Crippen molar-refractivity contribution < 1.29 is 13.9 Å². The van der Waals surface area contributed by atoms with Crippen molar-refractivity contribution in [1.82, 2.24) is 10.3 Å². The SMILES string of the molecule is COC(=O)c1ccccc1-c1ccc([C@@H]2[C@H](c3ccccn3)NC(=S)N2c2cccc(C)c2)o1. The molecule has 0 aliphatic carbocycles. The maximum atomic E-state index is 12.3. The average Bonchev–Trinajstić information content (AvgIpc) is 3.48. The van der Waals surface area contributed by atoms with Gasteiger partial charge >= 0.3 is 5.97 Å². The number of aromatic nitrogens is 1. The van der Waals surface area contributed by atoms with E-state index in [-0.39, 0.29) is 12.1 Å². The summed E-state index contributed by atoms with van der Waals surface area (Å²) < 4.78 is 11.4. The topological polar surface area (TPSA) is 67.6 Å². The molecule has 2 atom stereocenters. The number of hydrogen-bond acceptors (Lipinski definition) is 5. The lowest BCUT2D eigenvalue weighted by Gasteiger charge is -2.26. The molecule has 3 heterocycles. The molecule has 0 spiro atoms. The Morgan fingerprint density at radius 3 is 2.65 bits per heavy atom. The number of pyridine rings is 1. The second kappa shape index (κ2) is 9.11. The third-order valence-electron chi connectivity index (χ3n) is 5.89. The van der Waals surface area contributed by atoms with E-state index >= 15 is 0 Å². The summed E-state index contributed by atoms with van der Waals surface area (Å²) in [6.07, 6.45) is 1.77. The molecule has 4 aromatic rings. The molecule has 34 heavy (non-hydrogen) atoms. The number of anilines is 1. The average molecular weight is 470 g/mol. The number of methoxy groups -OCH3 is 1. The van der Waals surface area contributed by atoms with Crippen LogP contribution in [0.2, 0.25) is 0 Å². The summed E-state index contributed by atoms with van der Waals surface area (Å²) in [6.45, 7) is 2.05. The van der Waals surface area contributed by atoms with Crippen LogP contribution in [0.3, 0.4) is 0 Å². The number of aryl methyl sites for hydroxylation is 1. The summed E-state index contributed by atoms with van der Waals surface area (Å²) in [5, 5.41) is 4.03. The van der Waals surface area contributed by atoms with Crippen LogP contribution in [-0.4, -0.2) is 23.2 Å². The lowest BCUT2D eigenvalue weighted by atomic mass is 10.0. The zero-order chi connectivity index (χ0) is 23.7. The monoisotopic (exact) mass is 469 g/mol. The zero-order valence-electron chi connectivity index (χ0n) is 18.8. The molecule has 170 valence electrons. The van der Waals surface area contributed by atoms with Crippen LogP contribution in [-0.2, 0) is 4.74 Å². The molecular weight excluding hydrogens is 446 g/mol. The Bertz CT molecular complexity index is 1350. The minimum Gasteiger partial charge on any atom is -0.465 e. The van der Waals surface area contributed by atoms with Gasteiger partial charge in [-0.05, 0) is 67.2 Å². The van der Waals surface area contributed by atoms with Gasteiger partial charge in [-0.3, -0.25) is 4.98 Å². The van der Waals surface area contributed by atoms with E-state index in [9.17, 15) is 4.79 Å². The van der Waals surface area contributed by atoms with Crippen molar-refractivity contribution in [3.8, 4) is 11.3 Å². The number of hydrogen-bond donors (Lipinski definition) is 1. The van der Waals surface area contributed by atoms with Crippen molar-refractivity contribution >= 4 is 29.0 Å². The molecule has 2 aromatic heterocycles. The van der Waals surface area contributed by atoms with Crippen LogP contribution >= 0.6 is 12.2 Å². The Balaban J connectivity index is 1.61. The molecule has 1 aliphatic rings. The second-order valence-electron chi connectivity index (χ2n) is 8.07. The molecule has 0 unspecified atom stereocenters. The summed E-state index contributed by atoms with van der Waals surface area (Å²) in [5.74, 6) is 0.877. The van der Waals surface area contributed by atoms with Gasteiger partial charge in [0.25, 0.3) is 0 Å². The first-order chi connectivity index (χ1) is 16.6. The predicted molar refractivity (Wildman–Crippen MR) is 135 cm³/mol. The van der Waals surface area contributed by atoms with E-state index in [0.717, 1.165) is 16.9 Å². The normalized spacial score (nSPS) is 17.5. The fraction of sp³-hybridized carbons (Fsp3) is 0.148. The van der Waals surface area contributed by atoms with Gasteiger partial charge in [-0.1, -0.05) is 36.4 Å². The van der Waals surface area contributed by atoms with E-state index in [2.05, 4.69) is 34.3 Å². The fourth-order valence-corrected chi connectivity index (χ4v) is 4.69. The highest BCUT2D eigenvalue weighted by atomic mass is 32.1. The molecule has 0 amide bonds. The molecule has 1 N–H and O–H groups in total. The lowest BCUT2D eigenvalue weighted by Crippen LogP contribution is -2.29. The Morgan fingerprint density at radius 2 is 1.88 bits per heavy atom. The third-order valence-corrected chi connectivity index (χ3v) is 6.21. The van der Waals surface area contributed by atoms with E-state index in [1.165, 1.54) is 7.11 Å². The first-order valence-electron chi connectivity index (χ1n) is 10.9. The van der Waals surface area contributed by atoms with E-state index in [0.29, 0.717) is 27.8 Å². The number of carbonyl (C=O) groups is 1. The number of thiocarbonyl (C=S) groups is 1. The number of rotatable bonds is 5. The van der Waals surface area contributed by atoms with Crippen molar-refractivity contribution in [3.05, 3.63) is 108 Å². The van der Waals surface area contributed by atoms with Crippen molar-refractivity contribution in [2.24, 2.45) is 0 Å². The number of nitrogens with one attached hydrogen (secondary N) is 1. The molecule has 1 saturated heterocycles. The summed E-state index contributed by atoms with van der Waals surface area (Å²) in [5.41, 5.74) is 4.08. The van der Waals surface area contributed by atoms with Gasteiger partial charge in [0.2, 0.25) is 0 Å². The maximum absolute atomic E-state index is 12.3. The van der Waals surface area contributed by atoms with Gasteiger partial charge in [0, 0.05) is 17.4 Å². The standard InChI is InChI=1S/C27H23N3O3S/c1-17-8-7-9-18(16-17)30-25(24(29-27(30)34)21-12-5-6-15-28-21)23-14-13-22(33-23)19-10-3-4-11-20(19)26(31)32-2/h3-16,24-25H,1-2H3,(H,29,34)/t24-,25+/m0/s1. The minimum atomic E-state index is -0.412. The summed E-state index contributed by atoms with van der Waals surface area (Å²) in [6, 6.07) is 24.6. The number of furan rings is 1. The van der Waals surface area contributed by atoms with Gasteiger partial charge in [-0.15, -0.1) is 0 Å². The molecule has 7 heteroatoms. The first kappa shape index (κ1) is 21.9. The van der Waals surface area contributed by atoms with E-state index in [4.69, 9.17) is 21.4 Å².